The van der Waals surface area contributed by atoms with Gasteiger partial charge in [-0.3, -0.25) is 0 Å². The van der Waals surface area contributed by atoms with E-state index in [9.17, 15) is 9.59 Å². The van der Waals surface area contributed by atoms with Crippen LogP contribution in [0.15, 0.2) is 35.5 Å². The molecule has 7 nitrogen and oxygen atoms in total. The first-order valence-corrected chi connectivity index (χ1v) is 5.82. The largest absolute Gasteiger partial charge is 0.479 e. The second-order valence-electron chi connectivity index (χ2n) is 3.89. The first kappa shape index (κ1) is 15.5. The van der Waals surface area contributed by atoms with Crippen LogP contribution in [0.1, 0.15) is 12.5 Å². The molecule has 0 aliphatic carbocycles. The highest BCUT2D eigenvalue weighted by Gasteiger charge is 2.24. The van der Waals surface area contributed by atoms with Crippen LogP contribution in [0.3, 0.4) is 0 Å². The molecule has 1 amide bonds. The number of carbonyl (C=O) groups is 2. The van der Waals surface area contributed by atoms with Crippen molar-refractivity contribution in [1.82, 2.24) is 5.32 Å². The number of amides is 1. The Morgan fingerprint density at radius 3 is 2.55 bits per heavy atom. The van der Waals surface area contributed by atoms with Crippen LogP contribution in [0.2, 0.25) is 0 Å². The second kappa shape index (κ2) is 7.78. The van der Waals surface area contributed by atoms with Crippen LogP contribution in [0.25, 0.3) is 0 Å². The summed E-state index contributed by atoms with van der Waals surface area (Å²) >= 11 is 0. The Labute approximate surface area is 116 Å². The van der Waals surface area contributed by atoms with Crippen LogP contribution in [0, 0.1) is 0 Å². The lowest BCUT2D eigenvalue weighted by Gasteiger charge is -2.13. The Kier molecular flexibility index (Phi) is 6.02. The molecule has 0 radical (unpaired) electrons. The molecule has 20 heavy (non-hydrogen) atoms. The Morgan fingerprint density at radius 1 is 1.35 bits per heavy atom. The van der Waals surface area contributed by atoms with Gasteiger partial charge in [-0.25, -0.2) is 9.59 Å². The number of ether oxygens (including phenoxy) is 1. The molecule has 7 heteroatoms. The molecule has 1 aromatic carbocycles. The van der Waals surface area contributed by atoms with E-state index < -0.39 is 18.1 Å². The van der Waals surface area contributed by atoms with Crippen molar-refractivity contribution >= 4 is 17.8 Å². The van der Waals surface area contributed by atoms with Gasteiger partial charge in [-0.15, -0.1) is 0 Å². The van der Waals surface area contributed by atoms with Crippen LogP contribution in [0.5, 0.6) is 0 Å². The van der Waals surface area contributed by atoms with Gasteiger partial charge in [0.05, 0.1) is 5.71 Å². The van der Waals surface area contributed by atoms with E-state index in [1.54, 1.807) is 12.1 Å². The summed E-state index contributed by atoms with van der Waals surface area (Å²) in [5.41, 5.74) is 0.911. The summed E-state index contributed by atoms with van der Waals surface area (Å²) in [7, 11) is 1.29. The van der Waals surface area contributed by atoms with Crippen molar-refractivity contribution in [3.63, 3.8) is 0 Å². The topological polar surface area (TPSA) is 97.2 Å². The van der Waals surface area contributed by atoms with Crippen LogP contribution in [-0.4, -0.2) is 36.0 Å². The van der Waals surface area contributed by atoms with E-state index in [1.807, 2.05) is 18.2 Å². The lowest BCUT2D eigenvalue weighted by Crippen LogP contribution is -2.45. The second-order valence-corrected chi connectivity index (χ2v) is 3.89. The van der Waals surface area contributed by atoms with Crippen molar-refractivity contribution in [3.05, 3.63) is 35.9 Å². The van der Waals surface area contributed by atoms with E-state index in [-0.39, 0.29) is 12.3 Å². The molecular weight excluding hydrogens is 264 g/mol. The van der Waals surface area contributed by atoms with Gasteiger partial charge < -0.3 is 20.0 Å². The van der Waals surface area contributed by atoms with Crippen LogP contribution >= 0.6 is 0 Å². The van der Waals surface area contributed by atoms with E-state index in [2.05, 4.69) is 15.3 Å². The predicted octanol–water partition coefficient (Wildman–Crippen LogP) is 1.39. The third kappa shape index (κ3) is 4.97. The molecule has 0 saturated heterocycles. The molecule has 1 aromatic rings. The molecule has 2 N–H and O–H groups in total. The molecular formula is C13H16N2O5. The highest BCUT2D eigenvalue weighted by Crippen LogP contribution is 2.01. The van der Waals surface area contributed by atoms with Gasteiger partial charge in [0.25, 0.3) is 0 Å². The van der Waals surface area contributed by atoms with Crippen LogP contribution < -0.4 is 5.32 Å². The summed E-state index contributed by atoms with van der Waals surface area (Å²) in [4.78, 5) is 27.0. The Hall–Kier alpha value is -2.57. The molecule has 0 unspecified atom stereocenters. The molecule has 0 heterocycles. The third-order valence-electron chi connectivity index (χ3n) is 2.37. The number of oxime groups is 1. The molecule has 0 aliphatic heterocycles. The fourth-order valence-electron chi connectivity index (χ4n) is 1.42. The van der Waals surface area contributed by atoms with Gasteiger partial charge in [0.15, 0.2) is 6.04 Å². The first-order chi connectivity index (χ1) is 9.54. The van der Waals surface area contributed by atoms with Gasteiger partial charge in [0.1, 0.15) is 13.7 Å². The summed E-state index contributed by atoms with van der Waals surface area (Å²) in [6, 6.07) is 7.75. The lowest BCUT2D eigenvalue weighted by molar-refractivity contribution is -0.137. The van der Waals surface area contributed by atoms with E-state index in [1.165, 1.54) is 14.0 Å². The standard InChI is InChI=1S/C13H16N2O5/c1-9(15-19-2)11(12(16)17)14-13(18)20-8-10-6-4-3-5-7-10/h3-7,11H,8H2,1-2H3,(H,14,18)(H,16,17)/t11-/m0/s1. The maximum absolute atomic E-state index is 11.5. The van der Waals surface area contributed by atoms with Gasteiger partial charge in [-0.1, -0.05) is 35.5 Å². The monoisotopic (exact) mass is 280 g/mol. The SMILES string of the molecule is CON=C(C)[C@H](NC(=O)OCc1ccccc1)C(=O)O. The van der Waals surface area contributed by atoms with Crippen molar-refractivity contribution in [2.75, 3.05) is 7.11 Å². The average molecular weight is 280 g/mol. The van der Waals surface area contributed by atoms with E-state index >= 15 is 0 Å². The number of carboxylic acid groups (broad SMARTS) is 1. The summed E-state index contributed by atoms with van der Waals surface area (Å²) in [6.07, 6.45) is -0.841. The van der Waals surface area contributed by atoms with Gasteiger partial charge in [-0.2, -0.15) is 0 Å². The molecule has 0 saturated carbocycles. The predicted molar refractivity (Wildman–Crippen MR) is 71.3 cm³/mol. The van der Waals surface area contributed by atoms with E-state index in [0.29, 0.717) is 0 Å². The Morgan fingerprint density at radius 2 is 2.00 bits per heavy atom. The van der Waals surface area contributed by atoms with Crippen molar-refractivity contribution in [2.45, 2.75) is 19.6 Å². The Bertz CT molecular complexity index is 487. The highest BCUT2D eigenvalue weighted by atomic mass is 16.6. The highest BCUT2D eigenvalue weighted by molar-refractivity contribution is 6.05. The number of nitrogens with zero attached hydrogens (tertiary/aromatic N) is 1. The number of hydrogen-bond donors (Lipinski definition) is 2. The number of carboxylic acids is 1. The lowest BCUT2D eigenvalue weighted by atomic mass is 10.2. The van der Waals surface area contributed by atoms with Crippen molar-refractivity contribution in [3.8, 4) is 0 Å². The fraction of sp³-hybridized carbons (Fsp3) is 0.308. The molecule has 0 aromatic heterocycles. The minimum absolute atomic E-state index is 0.0550. The zero-order chi connectivity index (χ0) is 15.0. The number of carbonyl (C=O) groups excluding carboxylic acids is 1. The maximum atomic E-state index is 11.5. The quantitative estimate of drug-likeness (QED) is 0.606. The average Bonchev–Trinajstić information content (AvgIpc) is 2.43. The number of alkyl carbamates (subject to hydrolysis) is 1. The minimum Gasteiger partial charge on any atom is -0.479 e. The normalized spacial score (nSPS) is 12.4. The molecule has 108 valence electrons. The summed E-state index contributed by atoms with van der Waals surface area (Å²) in [5, 5.41) is 14.7. The van der Waals surface area contributed by atoms with Crippen molar-refractivity contribution in [1.29, 1.82) is 0 Å². The fourth-order valence-corrected chi connectivity index (χ4v) is 1.42. The molecule has 0 spiro atoms. The summed E-state index contributed by atoms with van der Waals surface area (Å²) in [5.74, 6) is -1.25. The molecule has 0 aliphatic rings. The first-order valence-electron chi connectivity index (χ1n) is 5.82. The van der Waals surface area contributed by atoms with Gasteiger partial charge >= 0.3 is 12.1 Å². The van der Waals surface area contributed by atoms with Crippen molar-refractivity contribution < 1.29 is 24.3 Å². The third-order valence-corrected chi connectivity index (χ3v) is 2.37. The number of hydrogen-bond acceptors (Lipinski definition) is 5. The molecule has 1 rings (SSSR count). The maximum Gasteiger partial charge on any atom is 0.408 e. The van der Waals surface area contributed by atoms with Gasteiger partial charge in [0, 0.05) is 0 Å². The number of nitrogens with one attached hydrogen (secondary N) is 1. The molecule has 1 atom stereocenters. The van der Waals surface area contributed by atoms with Crippen LogP contribution in [-0.2, 0) is 21.0 Å². The zero-order valence-corrected chi connectivity index (χ0v) is 11.2. The smallest absolute Gasteiger partial charge is 0.408 e. The Balaban J connectivity index is 2.55. The van der Waals surface area contributed by atoms with Gasteiger partial charge in [0.2, 0.25) is 0 Å². The number of rotatable bonds is 6. The van der Waals surface area contributed by atoms with Gasteiger partial charge in [-0.05, 0) is 12.5 Å². The minimum atomic E-state index is -1.29. The summed E-state index contributed by atoms with van der Waals surface area (Å²) < 4.78 is 4.93. The summed E-state index contributed by atoms with van der Waals surface area (Å²) in [6.45, 7) is 1.49. The van der Waals surface area contributed by atoms with E-state index in [4.69, 9.17) is 9.84 Å². The van der Waals surface area contributed by atoms with Crippen LogP contribution in [0.4, 0.5) is 4.79 Å². The molecule has 0 fully saturated rings. The van der Waals surface area contributed by atoms with E-state index in [0.717, 1.165) is 5.56 Å². The number of benzene rings is 1. The number of aliphatic carboxylic acids is 1. The molecule has 0 bridgehead atoms. The van der Waals surface area contributed by atoms with Crippen molar-refractivity contribution in [2.24, 2.45) is 5.16 Å². The zero-order valence-electron chi connectivity index (χ0n) is 11.2.